The van der Waals surface area contributed by atoms with Gasteiger partial charge in [0, 0.05) is 10.0 Å². The SMILES string of the molecule is O=c1/c(=C/c2cccc(OCc3cccc4ccccc34)c2)sc2n1[C@H](c1ccc(Br)cc1)C1=C(N=2)c2ccccc2CC1. The maximum Gasteiger partial charge on any atom is 0.271 e. The summed E-state index contributed by atoms with van der Waals surface area (Å²) in [5.41, 5.74) is 7.82. The fraction of sp³-hybridized carbons (Fsp3) is 0.105. The Hall–Kier alpha value is -4.52. The highest BCUT2D eigenvalue weighted by atomic mass is 79.9. The van der Waals surface area contributed by atoms with Crippen molar-refractivity contribution in [3.8, 4) is 5.75 Å². The molecule has 2 aliphatic rings. The van der Waals surface area contributed by atoms with Crippen molar-refractivity contribution in [3.63, 3.8) is 0 Å². The van der Waals surface area contributed by atoms with Crippen LogP contribution in [-0.4, -0.2) is 4.57 Å². The summed E-state index contributed by atoms with van der Waals surface area (Å²) in [6, 6.07) is 39.2. The van der Waals surface area contributed by atoms with E-state index in [1.165, 1.54) is 38.8 Å². The number of fused-ring (bicyclic) bond motifs is 4. The van der Waals surface area contributed by atoms with Gasteiger partial charge in [-0.15, -0.1) is 0 Å². The molecule has 0 fully saturated rings. The summed E-state index contributed by atoms with van der Waals surface area (Å²) in [6.07, 6.45) is 3.77. The molecule has 4 nitrogen and oxygen atoms in total. The van der Waals surface area contributed by atoms with E-state index in [2.05, 4.69) is 94.8 Å². The summed E-state index contributed by atoms with van der Waals surface area (Å²) < 4.78 is 9.81. The molecule has 2 heterocycles. The third kappa shape index (κ3) is 4.84. The van der Waals surface area contributed by atoms with Gasteiger partial charge >= 0.3 is 0 Å². The zero-order chi connectivity index (χ0) is 29.6. The van der Waals surface area contributed by atoms with E-state index in [4.69, 9.17) is 9.73 Å². The van der Waals surface area contributed by atoms with Gasteiger partial charge in [0.25, 0.3) is 5.56 Å². The molecular formula is C38H27BrN2O2S. The number of hydrogen-bond donors (Lipinski definition) is 0. The number of thiazole rings is 1. The van der Waals surface area contributed by atoms with E-state index in [1.54, 1.807) is 0 Å². The molecule has 0 bridgehead atoms. The quantitative estimate of drug-likeness (QED) is 0.190. The molecule has 1 aliphatic carbocycles. The van der Waals surface area contributed by atoms with Crippen LogP contribution in [0.15, 0.2) is 135 Å². The molecule has 1 atom stereocenters. The summed E-state index contributed by atoms with van der Waals surface area (Å²) in [6.45, 7) is 0.465. The second-order valence-electron chi connectivity index (χ2n) is 11.2. The van der Waals surface area contributed by atoms with E-state index in [9.17, 15) is 4.79 Å². The monoisotopic (exact) mass is 654 g/mol. The first-order chi connectivity index (χ1) is 21.6. The van der Waals surface area contributed by atoms with Crippen LogP contribution in [0.25, 0.3) is 22.5 Å². The zero-order valence-corrected chi connectivity index (χ0v) is 26.1. The van der Waals surface area contributed by atoms with Crippen molar-refractivity contribution >= 4 is 49.8 Å². The maximum atomic E-state index is 14.1. The fourth-order valence-electron chi connectivity index (χ4n) is 6.39. The van der Waals surface area contributed by atoms with E-state index in [0.717, 1.165) is 50.3 Å². The lowest BCUT2D eigenvalue weighted by Crippen LogP contribution is -2.38. The van der Waals surface area contributed by atoms with E-state index >= 15 is 0 Å². The van der Waals surface area contributed by atoms with Gasteiger partial charge in [0.15, 0.2) is 4.80 Å². The molecule has 6 heteroatoms. The first kappa shape index (κ1) is 27.1. The van der Waals surface area contributed by atoms with Crippen molar-refractivity contribution in [1.29, 1.82) is 0 Å². The Morgan fingerprint density at radius 2 is 1.68 bits per heavy atom. The molecule has 0 amide bonds. The number of aromatic nitrogens is 1. The minimum atomic E-state index is -0.194. The predicted octanol–water partition coefficient (Wildman–Crippen LogP) is 7.81. The van der Waals surface area contributed by atoms with Crippen LogP contribution < -0.4 is 19.6 Å². The average molecular weight is 656 g/mol. The predicted molar refractivity (Wildman–Crippen MR) is 182 cm³/mol. The first-order valence-corrected chi connectivity index (χ1v) is 16.3. The molecule has 5 aromatic carbocycles. The zero-order valence-electron chi connectivity index (χ0n) is 23.7. The Bertz CT molecular complexity index is 2280. The van der Waals surface area contributed by atoms with Crippen LogP contribution in [-0.2, 0) is 13.0 Å². The summed E-state index contributed by atoms with van der Waals surface area (Å²) in [5.74, 6) is 0.763. The van der Waals surface area contributed by atoms with E-state index in [1.807, 2.05) is 47.0 Å². The molecule has 0 saturated heterocycles. The van der Waals surface area contributed by atoms with Gasteiger partial charge in [-0.2, -0.15) is 0 Å². The highest BCUT2D eigenvalue weighted by molar-refractivity contribution is 9.10. The fourth-order valence-corrected chi connectivity index (χ4v) is 7.66. The summed E-state index contributed by atoms with van der Waals surface area (Å²) in [4.78, 5) is 20.0. The Labute approximate surface area is 267 Å². The minimum absolute atomic E-state index is 0.0193. The lowest BCUT2D eigenvalue weighted by molar-refractivity contribution is 0.307. The molecular weight excluding hydrogens is 628 g/mol. The molecule has 8 rings (SSSR count). The lowest BCUT2D eigenvalue weighted by atomic mass is 9.83. The lowest BCUT2D eigenvalue weighted by Gasteiger charge is -2.30. The van der Waals surface area contributed by atoms with Crippen molar-refractivity contribution in [1.82, 2.24) is 4.57 Å². The van der Waals surface area contributed by atoms with Crippen molar-refractivity contribution in [3.05, 3.63) is 173 Å². The molecule has 214 valence electrons. The summed E-state index contributed by atoms with van der Waals surface area (Å²) in [5, 5.41) is 2.39. The molecule has 0 spiro atoms. The van der Waals surface area contributed by atoms with Crippen molar-refractivity contribution in [2.75, 3.05) is 0 Å². The number of allylic oxidation sites excluding steroid dienone is 1. The molecule has 0 N–H and O–H groups in total. The second kappa shape index (κ2) is 11.2. The number of rotatable bonds is 5. The van der Waals surface area contributed by atoms with Crippen LogP contribution in [0.5, 0.6) is 5.75 Å². The van der Waals surface area contributed by atoms with Crippen LogP contribution in [0.1, 0.15) is 40.3 Å². The number of benzene rings is 5. The smallest absolute Gasteiger partial charge is 0.271 e. The van der Waals surface area contributed by atoms with Gasteiger partial charge in [-0.3, -0.25) is 9.36 Å². The summed E-state index contributed by atoms with van der Waals surface area (Å²) in [7, 11) is 0. The van der Waals surface area contributed by atoms with Gasteiger partial charge in [0.1, 0.15) is 12.4 Å². The molecule has 1 aromatic heterocycles. The van der Waals surface area contributed by atoms with Crippen LogP contribution in [0, 0.1) is 0 Å². The highest BCUT2D eigenvalue weighted by Gasteiger charge is 2.32. The average Bonchev–Trinajstić information content (AvgIpc) is 3.37. The number of ether oxygens (including phenoxy) is 1. The molecule has 1 aliphatic heterocycles. The van der Waals surface area contributed by atoms with Crippen molar-refractivity contribution < 1.29 is 4.74 Å². The molecule has 0 saturated carbocycles. The topological polar surface area (TPSA) is 43.6 Å². The number of hydrogen-bond acceptors (Lipinski definition) is 4. The Morgan fingerprint density at radius 3 is 2.59 bits per heavy atom. The van der Waals surface area contributed by atoms with Crippen LogP contribution >= 0.6 is 27.3 Å². The number of aryl methyl sites for hydroxylation is 1. The van der Waals surface area contributed by atoms with Crippen LogP contribution in [0.4, 0.5) is 0 Å². The third-order valence-electron chi connectivity index (χ3n) is 8.49. The Kier molecular flexibility index (Phi) is 6.89. The number of nitrogens with zero attached hydrogens (tertiary/aromatic N) is 2. The normalized spacial score (nSPS) is 15.8. The molecule has 6 aromatic rings. The van der Waals surface area contributed by atoms with Gasteiger partial charge in [-0.05, 0) is 81.8 Å². The largest absolute Gasteiger partial charge is 0.489 e. The van der Waals surface area contributed by atoms with Gasteiger partial charge in [0.05, 0.1) is 16.3 Å². The van der Waals surface area contributed by atoms with E-state index < -0.39 is 0 Å². The highest BCUT2D eigenvalue weighted by Crippen LogP contribution is 2.41. The van der Waals surface area contributed by atoms with Gasteiger partial charge in [-0.1, -0.05) is 118 Å². The molecule has 0 unspecified atom stereocenters. The molecule has 0 radical (unpaired) electrons. The molecule has 44 heavy (non-hydrogen) atoms. The van der Waals surface area contributed by atoms with Gasteiger partial charge < -0.3 is 4.74 Å². The maximum absolute atomic E-state index is 14.1. The van der Waals surface area contributed by atoms with E-state index in [-0.39, 0.29) is 11.6 Å². The summed E-state index contributed by atoms with van der Waals surface area (Å²) >= 11 is 5.03. The second-order valence-corrected chi connectivity index (χ2v) is 13.1. The van der Waals surface area contributed by atoms with Crippen LogP contribution in [0.3, 0.4) is 0 Å². The number of halogens is 1. The van der Waals surface area contributed by atoms with Crippen LogP contribution in [0.2, 0.25) is 0 Å². The third-order valence-corrected chi connectivity index (χ3v) is 10.0. The van der Waals surface area contributed by atoms with E-state index in [0.29, 0.717) is 11.1 Å². The Morgan fingerprint density at radius 1 is 0.886 bits per heavy atom. The first-order valence-electron chi connectivity index (χ1n) is 14.7. The van der Waals surface area contributed by atoms with Gasteiger partial charge in [0.2, 0.25) is 0 Å². The van der Waals surface area contributed by atoms with Crippen molar-refractivity contribution in [2.45, 2.75) is 25.5 Å². The van der Waals surface area contributed by atoms with Crippen molar-refractivity contribution in [2.24, 2.45) is 4.99 Å². The standard InChI is InChI=1S/C38H27BrN2O2S/c39-29-18-15-27(16-19-29)36-33-20-17-26-9-2-4-14-32(26)35(33)40-38-41(36)37(42)34(44-38)22-24-7-5-12-30(21-24)43-23-28-11-6-10-25-8-1-3-13-31(25)28/h1-16,18-19,21-22,36H,17,20,23H2/b34-22-/t36-/m1/s1. The minimum Gasteiger partial charge on any atom is -0.489 e. The van der Waals surface area contributed by atoms with Gasteiger partial charge in [-0.25, -0.2) is 4.99 Å². The Balaban J connectivity index is 1.19.